The molecule has 342 valence electrons. The van der Waals surface area contributed by atoms with Crippen molar-refractivity contribution >= 4 is 11.9 Å². The number of carbonyl (C=O) groups is 2. The number of ether oxygens (including phenoxy) is 1. The van der Waals surface area contributed by atoms with Gasteiger partial charge in [0.25, 0.3) is 0 Å². The number of aliphatic hydroxyl groups excluding tert-OH is 2. The van der Waals surface area contributed by atoms with Crippen molar-refractivity contribution in [3.8, 4) is 0 Å². The van der Waals surface area contributed by atoms with Gasteiger partial charge in [-0.1, -0.05) is 261 Å². The third-order valence-electron chi connectivity index (χ3n) is 11.2. The van der Waals surface area contributed by atoms with E-state index in [0.717, 1.165) is 44.9 Å². The molecule has 1 amide bonds. The molecule has 0 aliphatic rings. The monoisotopic (exact) mass is 826 g/mol. The first-order valence-electron chi connectivity index (χ1n) is 25.1. The van der Waals surface area contributed by atoms with Crippen molar-refractivity contribution < 1.29 is 24.5 Å². The molecule has 3 atom stereocenters. The lowest BCUT2D eigenvalue weighted by Gasteiger charge is -2.24. The topological polar surface area (TPSA) is 95.9 Å². The molecule has 6 nitrogen and oxygen atoms in total. The van der Waals surface area contributed by atoms with E-state index < -0.39 is 18.2 Å². The van der Waals surface area contributed by atoms with Gasteiger partial charge in [-0.2, -0.15) is 0 Å². The second kappa shape index (κ2) is 46.6. The molecule has 0 radical (unpaired) electrons. The van der Waals surface area contributed by atoms with Gasteiger partial charge in [-0.3, -0.25) is 9.59 Å². The maximum atomic E-state index is 13.1. The number of nitrogens with one attached hydrogen (secondary N) is 1. The van der Waals surface area contributed by atoms with E-state index in [9.17, 15) is 19.8 Å². The normalized spacial score (nSPS) is 13.8. The number of hydrogen-bond acceptors (Lipinski definition) is 5. The fourth-order valence-corrected chi connectivity index (χ4v) is 7.45. The first-order chi connectivity index (χ1) is 29.0. The molecule has 0 aromatic carbocycles. The van der Waals surface area contributed by atoms with Gasteiger partial charge in [0.15, 0.2) is 0 Å². The third-order valence-corrected chi connectivity index (χ3v) is 11.2. The average molecular weight is 826 g/mol. The van der Waals surface area contributed by atoms with Gasteiger partial charge in [-0.25, -0.2) is 0 Å². The molecule has 0 fully saturated rings. The van der Waals surface area contributed by atoms with E-state index >= 15 is 0 Å². The lowest BCUT2D eigenvalue weighted by molar-refractivity contribution is -0.150. The molecule has 3 unspecified atom stereocenters. The van der Waals surface area contributed by atoms with E-state index in [0.29, 0.717) is 19.3 Å². The van der Waals surface area contributed by atoms with Crippen LogP contribution in [0, 0.1) is 0 Å². The fourth-order valence-electron chi connectivity index (χ4n) is 7.45. The number of esters is 1. The molecule has 0 aliphatic carbocycles. The molecule has 0 heterocycles. The lowest BCUT2D eigenvalue weighted by Crippen LogP contribution is -2.46. The van der Waals surface area contributed by atoms with Gasteiger partial charge in [0.2, 0.25) is 5.91 Å². The minimum atomic E-state index is -0.816. The first-order valence-corrected chi connectivity index (χ1v) is 25.1. The molecule has 0 aliphatic heterocycles. The number of hydrogen-bond donors (Lipinski definition) is 3. The van der Waals surface area contributed by atoms with E-state index in [1.807, 2.05) is 54.7 Å². The highest BCUT2D eigenvalue weighted by molar-refractivity contribution is 5.77. The molecule has 0 bridgehead atoms. The second-order valence-electron chi connectivity index (χ2n) is 17.0. The Kier molecular flexibility index (Phi) is 44.7. The van der Waals surface area contributed by atoms with E-state index in [1.165, 1.54) is 148 Å². The highest BCUT2D eigenvalue weighted by Gasteiger charge is 2.23. The lowest BCUT2D eigenvalue weighted by atomic mass is 10.0. The maximum absolute atomic E-state index is 13.1. The zero-order valence-electron chi connectivity index (χ0n) is 38.9. The smallest absolute Gasteiger partial charge is 0.306 e. The van der Waals surface area contributed by atoms with Crippen LogP contribution in [-0.4, -0.2) is 46.9 Å². The van der Waals surface area contributed by atoms with Crippen molar-refractivity contribution in [1.82, 2.24) is 5.32 Å². The Hall–Kier alpha value is -2.44. The number of carbonyl (C=O) groups excluding carboxylic acids is 2. The molecular formula is C53H95NO5. The molecule has 0 aromatic heterocycles. The quantitative estimate of drug-likeness (QED) is 0.0323. The summed E-state index contributed by atoms with van der Waals surface area (Å²) in [6.45, 7) is 6.29. The van der Waals surface area contributed by atoms with Crippen LogP contribution in [0.5, 0.6) is 0 Å². The third kappa shape index (κ3) is 42.1. The summed E-state index contributed by atoms with van der Waals surface area (Å²) >= 11 is 0. The van der Waals surface area contributed by atoms with Gasteiger partial charge in [-0.15, -0.1) is 0 Å². The first kappa shape index (κ1) is 56.6. The van der Waals surface area contributed by atoms with Gasteiger partial charge >= 0.3 is 5.97 Å². The van der Waals surface area contributed by atoms with Crippen molar-refractivity contribution in [3.63, 3.8) is 0 Å². The Morgan fingerprint density at radius 3 is 1.29 bits per heavy atom. The summed E-state index contributed by atoms with van der Waals surface area (Å²) in [6.07, 6.45) is 57.5. The number of allylic oxidation sites excluding steroid dienone is 9. The summed E-state index contributed by atoms with van der Waals surface area (Å²) in [6, 6.07) is -0.737. The molecule has 0 saturated heterocycles. The van der Waals surface area contributed by atoms with Gasteiger partial charge < -0.3 is 20.3 Å². The van der Waals surface area contributed by atoms with E-state index in [4.69, 9.17) is 4.74 Å². The largest absolute Gasteiger partial charge is 0.461 e. The van der Waals surface area contributed by atoms with Crippen molar-refractivity contribution in [3.05, 3.63) is 60.8 Å². The highest BCUT2D eigenvalue weighted by Crippen LogP contribution is 2.17. The molecule has 6 heteroatoms. The summed E-state index contributed by atoms with van der Waals surface area (Å²) in [5, 5.41) is 23.6. The van der Waals surface area contributed by atoms with Crippen LogP contribution in [0.3, 0.4) is 0 Å². The molecule has 0 rings (SSSR count). The number of amides is 1. The second-order valence-corrected chi connectivity index (χ2v) is 17.0. The minimum Gasteiger partial charge on any atom is -0.461 e. The summed E-state index contributed by atoms with van der Waals surface area (Å²) in [7, 11) is 0. The van der Waals surface area contributed by atoms with Crippen molar-refractivity contribution in [2.24, 2.45) is 0 Å². The summed E-state index contributed by atoms with van der Waals surface area (Å²) < 4.78 is 5.83. The SMILES string of the molecule is CC/C=C/C=C/C=C\C=C/C=C/CC(CC(=O)NC(CO)C(O)CCCCCCCCCCCC)OC(=O)CCCCCCCCCCCCCCCCCCCCC. The van der Waals surface area contributed by atoms with E-state index in [2.05, 4.69) is 32.2 Å². The molecule has 0 aromatic rings. The van der Waals surface area contributed by atoms with Crippen LogP contribution in [0.2, 0.25) is 0 Å². The predicted octanol–water partition coefficient (Wildman–Crippen LogP) is 14.8. The number of rotatable bonds is 44. The van der Waals surface area contributed by atoms with Crippen LogP contribution < -0.4 is 5.32 Å². The average Bonchev–Trinajstić information content (AvgIpc) is 3.23. The van der Waals surface area contributed by atoms with Crippen molar-refractivity contribution in [2.75, 3.05) is 6.61 Å². The van der Waals surface area contributed by atoms with Crippen LogP contribution in [0.4, 0.5) is 0 Å². The van der Waals surface area contributed by atoms with Gasteiger partial charge in [-0.05, 0) is 19.3 Å². The molecule has 3 N–H and O–H groups in total. The van der Waals surface area contributed by atoms with Crippen molar-refractivity contribution in [2.45, 2.75) is 257 Å². The minimum absolute atomic E-state index is 0.0174. The van der Waals surface area contributed by atoms with Crippen LogP contribution in [0.15, 0.2) is 60.8 Å². The van der Waals surface area contributed by atoms with Gasteiger partial charge in [0.1, 0.15) is 6.10 Å². The maximum Gasteiger partial charge on any atom is 0.306 e. The zero-order chi connectivity index (χ0) is 43.1. The van der Waals surface area contributed by atoms with Crippen LogP contribution >= 0.6 is 0 Å². The van der Waals surface area contributed by atoms with Gasteiger partial charge in [0, 0.05) is 12.8 Å². The summed E-state index contributed by atoms with van der Waals surface area (Å²) in [4.78, 5) is 26.0. The van der Waals surface area contributed by atoms with Crippen LogP contribution in [-0.2, 0) is 14.3 Å². The molecule has 0 saturated carbocycles. The number of aliphatic hydroxyl groups is 2. The van der Waals surface area contributed by atoms with E-state index in [1.54, 1.807) is 0 Å². The van der Waals surface area contributed by atoms with Crippen LogP contribution in [0.1, 0.15) is 239 Å². The van der Waals surface area contributed by atoms with Crippen molar-refractivity contribution in [1.29, 1.82) is 0 Å². The summed E-state index contributed by atoms with van der Waals surface area (Å²) in [5.74, 6) is -0.603. The molecule has 0 spiro atoms. The molecular weight excluding hydrogens is 731 g/mol. The Morgan fingerprint density at radius 2 is 0.881 bits per heavy atom. The zero-order valence-corrected chi connectivity index (χ0v) is 38.9. The van der Waals surface area contributed by atoms with E-state index in [-0.39, 0.29) is 24.9 Å². The number of unbranched alkanes of at least 4 members (excludes halogenated alkanes) is 27. The predicted molar refractivity (Wildman–Crippen MR) is 255 cm³/mol. The Bertz CT molecular complexity index is 1060. The Labute approximate surface area is 365 Å². The summed E-state index contributed by atoms with van der Waals surface area (Å²) in [5.41, 5.74) is 0. The standard InChI is InChI=1S/C53H95NO5/c1-4-7-10-13-16-19-22-23-24-25-26-27-28-29-31-34-37-40-43-46-53(58)59-49(44-41-38-35-32-30-20-17-14-11-8-5-2)47-52(57)54-50(48-55)51(56)45-42-39-36-33-21-18-15-12-9-6-3/h8,11,14,17,20,30,32,35,38,41,49-51,55-56H,4-7,9-10,12-13,15-16,18-19,21-29,31,33-34,36-37,39-40,42-48H2,1-3H3,(H,54,57)/b11-8+,17-14+,30-20-,35-32-,41-38+. The Morgan fingerprint density at radius 1 is 0.508 bits per heavy atom. The Balaban J connectivity index is 4.56. The molecule has 59 heavy (non-hydrogen) atoms. The highest BCUT2D eigenvalue weighted by atomic mass is 16.5. The fraction of sp³-hybridized carbons (Fsp3) is 0.774. The van der Waals surface area contributed by atoms with Gasteiger partial charge in [0.05, 0.1) is 25.2 Å². The van der Waals surface area contributed by atoms with Crippen LogP contribution in [0.25, 0.3) is 0 Å².